The van der Waals surface area contributed by atoms with Crippen LogP contribution in [0.4, 0.5) is 0 Å². The highest BCUT2D eigenvalue weighted by Crippen LogP contribution is 2.26. The second-order valence-electron chi connectivity index (χ2n) is 5.18. The van der Waals surface area contributed by atoms with Crippen LogP contribution in [0.25, 0.3) is 0 Å². The van der Waals surface area contributed by atoms with Crippen LogP contribution in [0.1, 0.15) is 54.4 Å². The van der Waals surface area contributed by atoms with Crippen LogP contribution in [0.3, 0.4) is 0 Å². The van der Waals surface area contributed by atoms with Crippen molar-refractivity contribution in [2.24, 2.45) is 23.7 Å². The second-order valence-corrected chi connectivity index (χ2v) is 5.18. The molecule has 0 aromatic carbocycles. The molecule has 14 heavy (non-hydrogen) atoms. The van der Waals surface area contributed by atoms with Gasteiger partial charge in [-0.05, 0) is 18.3 Å². The Morgan fingerprint density at radius 2 is 1.57 bits per heavy atom. The molecule has 0 aliphatic rings. The van der Waals surface area contributed by atoms with Gasteiger partial charge in [-0.3, -0.25) is 4.79 Å². The molecule has 0 N–H and O–H groups in total. The monoisotopic (exact) mass is 198 g/mol. The van der Waals surface area contributed by atoms with E-state index < -0.39 is 0 Å². The van der Waals surface area contributed by atoms with Gasteiger partial charge in [0.25, 0.3) is 0 Å². The van der Waals surface area contributed by atoms with Crippen molar-refractivity contribution in [2.45, 2.75) is 54.4 Å². The van der Waals surface area contributed by atoms with E-state index in [4.69, 9.17) is 0 Å². The maximum atomic E-state index is 12.0. The molecular weight excluding hydrogens is 172 g/mol. The summed E-state index contributed by atoms with van der Waals surface area (Å²) in [7, 11) is 0. The third kappa shape index (κ3) is 4.26. The summed E-state index contributed by atoms with van der Waals surface area (Å²) < 4.78 is 0. The average Bonchev–Trinajstić information content (AvgIpc) is 2.11. The minimum Gasteiger partial charge on any atom is -0.299 e. The van der Waals surface area contributed by atoms with E-state index in [0.29, 0.717) is 17.6 Å². The molecule has 0 rings (SSSR count). The minimum absolute atomic E-state index is 0.188. The lowest BCUT2D eigenvalue weighted by atomic mass is 9.79. The van der Waals surface area contributed by atoms with E-state index in [-0.39, 0.29) is 11.8 Å². The SMILES string of the molecule is CCC(C)C(CC(C)C)C(=O)C(C)C. The first kappa shape index (κ1) is 13.7. The molecule has 2 atom stereocenters. The summed E-state index contributed by atoms with van der Waals surface area (Å²) in [5.41, 5.74) is 0. The first-order valence-electron chi connectivity index (χ1n) is 5.93. The van der Waals surface area contributed by atoms with Gasteiger partial charge in [0.1, 0.15) is 5.78 Å². The Morgan fingerprint density at radius 1 is 1.07 bits per heavy atom. The fourth-order valence-electron chi connectivity index (χ4n) is 1.85. The molecule has 0 aliphatic carbocycles. The molecule has 1 nitrogen and oxygen atoms in total. The second kappa shape index (κ2) is 6.21. The van der Waals surface area contributed by atoms with E-state index in [1.807, 2.05) is 13.8 Å². The normalized spacial score (nSPS) is 16.0. The summed E-state index contributed by atoms with van der Waals surface area (Å²) in [6.07, 6.45) is 2.15. The van der Waals surface area contributed by atoms with Crippen molar-refractivity contribution >= 4 is 5.78 Å². The minimum atomic E-state index is 0.188. The van der Waals surface area contributed by atoms with Crippen LogP contribution in [0, 0.1) is 23.7 Å². The Bertz CT molecular complexity index is 170. The summed E-state index contributed by atoms with van der Waals surface area (Å²) in [5.74, 6) is 2.07. The lowest BCUT2D eigenvalue weighted by molar-refractivity contribution is -0.128. The van der Waals surface area contributed by atoms with Crippen LogP contribution >= 0.6 is 0 Å². The Balaban J connectivity index is 4.46. The highest BCUT2D eigenvalue weighted by Gasteiger charge is 2.26. The van der Waals surface area contributed by atoms with Crippen LogP contribution < -0.4 is 0 Å². The van der Waals surface area contributed by atoms with Crippen LogP contribution in [0.2, 0.25) is 0 Å². The Hall–Kier alpha value is -0.330. The van der Waals surface area contributed by atoms with E-state index >= 15 is 0 Å². The summed E-state index contributed by atoms with van der Waals surface area (Å²) in [6, 6.07) is 0. The molecule has 0 bridgehead atoms. The predicted octanol–water partition coefficient (Wildman–Crippen LogP) is 3.92. The van der Waals surface area contributed by atoms with Crippen molar-refractivity contribution in [1.29, 1.82) is 0 Å². The number of carbonyl (C=O) groups excluding carboxylic acids is 1. The molecule has 0 heterocycles. The van der Waals surface area contributed by atoms with Crippen LogP contribution in [-0.2, 0) is 4.79 Å². The van der Waals surface area contributed by atoms with E-state index in [1.165, 1.54) is 0 Å². The fraction of sp³-hybridized carbons (Fsp3) is 0.923. The maximum absolute atomic E-state index is 12.0. The molecule has 0 spiro atoms. The van der Waals surface area contributed by atoms with Crippen molar-refractivity contribution in [3.63, 3.8) is 0 Å². The van der Waals surface area contributed by atoms with E-state index in [9.17, 15) is 4.79 Å². The van der Waals surface area contributed by atoms with Gasteiger partial charge < -0.3 is 0 Å². The molecule has 0 aliphatic heterocycles. The van der Waals surface area contributed by atoms with Gasteiger partial charge in [0.15, 0.2) is 0 Å². The molecule has 0 radical (unpaired) electrons. The zero-order valence-electron chi connectivity index (χ0n) is 10.6. The molecule has 1 heteroatoms. The van der Waals surface area contributed by atoms with Gasteiger partial charge in [-0.25, -0.2) is 0 Å². The molecule has 2 unspecified atom stereocenters. The zero-order chi connectivity index (χ0) is 11.3. The lowest BCUT2D eigenvalue weighted by Crippen LogP contribution is -2.27. The standard InChI is InChI=1S/C13H26O/c1-7-11(6)12(8-9(2)3)13(14)10(4)5/h9-12H,7-8H2,1-6H3. The molecule has 0 fully saturated rings. The fourth-order valence-corrected chi connectivity index (χ4v) is 1.85. The molecule has 0 saturated carbocycles. The van der Waals surface area contributed by atoms with Gasteiger partial charge in [-0.1, -0.05) is 48.0 Å². The third-order valence-corrected chi connectivity index (χ3v) is 2.99. The largest absolute Gasteiger partial charge is 0.299 e. The van der Waals surface area contributed by atoms with E-state index in [2.05, 4.69) is 27.7 Å². The van der Waals surface area contributed by atoms with Gasteiger partial charge in [-0.15, -0.1) is 0 Å². The van der Waals surface area contributed by atoms with Gasteiger partial charge in [-0.2, -0.15) is 0 Å². The summed E-state index contributed by atoms with van der Waals surface area (Å²) in [5, 5.41) is 0. The third-order valence-electron chi connectivity index (χ3n) is 2.99. The van der Waals surface area contributed by atoms with E-state index in [1.54, 1.807) is 0 Å². The molecule has 84 valence electrons. The maximum Gasteiger partial charge on any atom is 0.138 e. The summed E-state index contributed by atoms with van der Waals surface area (Å²) in [6.45, 7) is 12.8. The van der Waals surface area contributed by atoms with Crippen molar-refractivity contribution in [1.82, 2.24) is 0 Å². The first-order chi connectivity index (χ1) is 6.40. The molecule has 0 saturated heterocycles. The molecule has 0 amide bonds. The van der Waals surface area contributed by atoms with Gasteiger partial charge in [0.05, 0.1) is 0 Å². The van der Waals surface area contributed by atoms with Crippen molar-refractivity contribution in [2.75, 3.05) is 0 Å². The van der Waals surface area contributed by atoms with Crippen molar-refractivity contribution in [3.8, 4) is 0 Å². The molecule has 0 aromatic heterocycles. The zero-order valence-corrected chi connectivity index (χ0v) is 10.6. The number of rotatable bonds is 6. The highest BCUT2D eigenvalue weighted by atomic mass is 16.1. The highest BCUT2D eigenvalue weighted by molar-refractivity contribution is 5.83. The Labute approximate surface area is 89.3 Å². The summed E-state index contributed by atoms with van der Waals surface area (Å²) >= 11 is 0. The lowest BCUT2D eigenvalue weighted by Gasteiger charge is -2.25. The van der Waals surface area contributed by atoms with Crippen LogP contribution in [-0.4, -0.2) is 5.78 Å². The molecule has 0 aromatic rings. The van der Waals surface area contributed by atoms with Crippen molar-refractivity contribution < 1.29 is 4.79 Å². The quantitative estimate of drug-likeness (QED) is 0.632. The Morgan fingerprint density at radius 3 is 1.86 bits per heavy atom. The first-order valence-corrected chi connectivity index (χ1v) is 5.93. The van der Waals surface area contributed by atoms with Crippen LogP contribution in [0.15, 0.2) is 0 Å². The Kier molecular flexibility index (Phi) is 6.06. The number of hydrogen-bond acceptors (Lipinski definition) is 1. The van der Waals surface area contributed by atoms with Gasteiger partial charge >= 0.3 is 0 Å². The van der Waals surface area contributed by atoms with Crippen LogP contribution in [0.5, 0.6) is 0 Å². The topological polar surface area (TPSA) is 17.1 Å². The van der Waals surface area contributed by atoms with Crippen molar-refractivity contribution in [3.05, 3.63) is 0 Å². The van der Waals surface area contributed by atoms with Gasteiger partial charge in [0.2, 0.25) is 0 Å². The molecular formula is C13H26O. The van der Waals surface area contributed by atoms with E-state index in [0.717, 1.165) is 12.8 Å². The number of carbonyl (C=O) groups is 1. The summed E-state index contributed by atoms with van der Waals surface area (Å²) in [4.78, 5) is 12.0. The number of hydrogen-bond donors (Lipinski definition) is 0. The number of Topliss-reactive ketones (excluding diaryl/α,β-unsaturated/α-hetero) is 1. The average molecular weight is 198 g/mol. The van der Waals surface area contributed by atoms with Gasteiger partial charge in [0, 0.05) is 11.8 Å². The predicted molar refractivity (Wildman–Crippen MR) is 62.2 cm³/mol. The smallest absolute Gasteiger partial charge is 0.138 e. The number of ketones is 1.